The molecule has 1 saturated heterocycles. The summed E-state index contributed by atoms with van der Waals surface area (Å²) in [6.45, 7) is 7.45. The lowest BCUT2D eigenvalue weighted by Crippen LogP contribution is -2.53. The van der Waals surface area contributed by atoms with E-state index in [-0.39, 0.29) is 11.6 Å². The average molecular weight is 277 g/mol. The molecule has 1 aliphatic heterocycles. The first kappa shape index (κ1) is 14.5. The number of carboxylic acids is 1. The van der Waals surface area contributed by atoms with Crippen LogP contribution in [0.5, 0.6) is 0 Å². The number of likely N-dealkylation sites (N-methyl/N-ethyl adjacent to an activating group) is 1. The van der Waals surface area contributed by atoms with Crippen LogP contribution in [0.15, 0.2) is 18.3 Å². The Balaban J connectivity index is 2.06. The topological polar surface area (TPSA) is 73.7 Å². The summed E-state index contributed by atoms with van der Waals surface area (Å²) < 4.78 is 0. The highest BCUT2D eigenvalue weighted by molar-refractivity contribution is 5.95. The molecule has 1 N–H and O–H groups in total. The highest BCUT2D eigenvalue weighted by atomic mass is 16.4. The Hall–Kier alpha value is -1.95. The predicted octanol–water partition coefficient (Wildman–Crippen LogP) is 0.946. The van der Waals surface area contributed by atoms with Crippen LogP contribution < -0.4 is 0 Å². The van der Waals surface area contributed by atoms with Gasteiger partial charge in [0.05, 0.1) is 5.56 Å². The number of nitrogens with zero attached hydrogens (tertiary/aromatic N) is 3. The van der Waals surface area contributed by atoms with E-state index in [2.05, 4.69) is 23.7 Å². The third kappa shape index (κ3) is 2.96. The molecule has 6 heteroatoms. The van der Waals surface area contributed by atoms with E-state index in [0.717, 1.165) is 13.1 Å². The van der Waals surface area contributed by atoms with E-state index in [1.54, 1.807) is 4.90 Å². The zero-order valence-electron chi connectivity index (χ0n) is 11.7. The van der Waals surface area contributed by atoms with Gasteiger partial charge in [0.1, 0.15) is 5.69 Å². The van der Waals surface area contributed by atoms with Crippen molar-refractivity contribution in [2.45, 2.75) is 19.9 Å². The quantitative estimate of drug-likeness (QED) is 0.890. The minimum atomic E-state index is -1.09. The van der Waals surface area contributed by atoms with E-state index < -0.39 is 5.97 Å². The standard InChI is InChI=1S/C14H19N3O3/c1-3-16-6-7-17(9-10(16)2)13(18)11-4-5-12(14(19)20)15-8-11/h4-5,8,10H,3,6-7,9H2,1-2H3,(H,19,20). The number of aromatic carboxylic acids is 1. The fourth-order valence-corrected chi connectivity index (χ4v) is 2.48. The molecule has 0 aliphatic carbocycles. The van der Waals surface area contributed by atoms with E-state index in [0.29, 0.717) is 24.7 Å². The van der Waals surface area contributed by atoms with Crippen molar-refractivity contribution in [2.75, 3.05) is 26.2 Å². The highest BCUT2D eigenvalue weighted by Gasteiger charge is 2.26. The Morgan fingerprint density at radius 1 is 1.40 bits per heavy atom. The van der Waals surface area contributed by atoms with Gasteiger partial charge in [0.15, 0.2) is 0 Å². The molecule has 1 aromatic rings. The van der Waals surface area contributed by atoms with Crippen molar-refractivity contribution in [3.63, 3.8) is 0 Å². The maximum absolute atomic E-state index is 12.3. The summed E-state index contributed by atoms with van der Waals surface area (Å²) in [4.78, 5) is 31.0. The van der Waals surface area contributed by atoms with Crippen LogP contribution in [-0.4, -0.2) is 64.0 Å². The fraction of sp³-hybridized carbons (Fsp3) is 0.500. The van der Waals surface area contributed by atoms with E-state index in [9.17, 15) is 9.59 Å². The molecular formula is C14H19N3O3. The van der Waals surface area contributed by atoms with Crippen molar-refractivity contribution in [3.8, 4) is 0 Å². The number of carbonyl (C=O) groups excluding carboxylic acids is 1. The molecule has 6 nitrogen and oxygen atoms in total. The molecule has 0 spiro atoms. The molecule has 1 unspecified atom stereocenters. The molecule has 0 aromatic carbocycles. The average Bonchev–Trinajstić information content (AvgIpc) is 2.46. The Morgan fingerprint density at radius 2 is 2.15 bits per heavy atom. The lowest BCUT2D eigenvalue weighted by molar-refractivity contribution is 0.0527. The number of carbonyl (C=O) groups is 2. The van der Waals surface area contributed by atoms with Crippen LogP contribution in [0.4, 0.5) is 0 Å². The van der Waals surface area contributed by atoms with Gasteiger partial charge in [-0.1, -0.05) is 6.92 Å². The summed E-state index contributed by atoms with van der Waals surface area (Å²) in [5.41, 5.74) is 0.387. The van der Waals surface area contributed by atoms with Crippen LogP contribution in [0.2, 0.25) is 0 Å². The van der Waals surface area contributed by atoms with E-state index in [1.165, 1.54) is 18.3 Å². The van der Waals surface area contributed by atoms with Crippen molar-refractivity contribution in [1.82, 2.24) is 14.8 Å². The van der Waals surface area contributed by atoms with Crippen molar-refractivity contribution in [1.29, 1.82) is 0 Å². The first-order chi connectivity index (χ1) is 9.52. The second kappa shape index (κ2) is 6.00. The number of hydrogen-bond donors (Lipinski definition) is 1. The van der Waals surface area contributed by atoms with Crippen molar-refractivity contribution in [3.05, 3.63) is 29.6 Å². The monoisotopic (exact) mass is 277 g/mol. The molecule has 1 amide bonds. The van der Waals surface area contributed by atoms with Crippen LogP contribution in [0.1, 0.15) is 34.7 Å². The molecule has 1 atom stereocenters. The Kier molecular flexibility index (Phi) is 4.34. The summed E-state index contributed by atoms with van der Waals surface area (Å²) in [7, 11) is 0. The number of pyridine rings is 1. The van der Waals surface area contributed by atoms with Gasteiger partial charge in [-0.25, -0.2) is 9.78 Å². The SMILES string of the molecule is CCN1CCN(C(=O)c2ccc(C(=O)O)nc2)CC1C. The zero-order chi connectivity index (χ0) is 14.7. The maximum Gasteiger partial charge on any atom is 0.354 e. The largest absolute Gasteiger partial charge is 0.477 e. The van der Waals surface area contributed by atoms with Gasteiger partial charge < -0.3 is 10.0 Å². The van der Waals surface area contributed by atoms with E-state index >= 15 is 0 Å². The van der Waals surface area contributed by atoms with Crippen molar-refractivity contribution < 1.29 is 14.7 Å². The van der Waals surface area contributed by atoms with Gasteiger partial charge in [0.2, 0.25) is 0 Å². The van der Waals surface area contributed by atoms with Crippen molar-refractivity contribution >= 4 is 11.9 Å². The molecule has 1 fully saturated rings. The van der Waals surface area contributed by atoms with Crippen LogP contribution in [-0.2, 0) is 0 Å². The first-order valence-corrected chi connectivity index (χ1v) is 6.75. The minimum absolute atomic E-state index is 0.0503. The number of amides is 1. The molecule has 2 rings (SSSR count). The summed E-state index contributed by atoms with van der Waals surface area (Å²) in [5.74, 6) is -1.17. The lowest BCUT2D eigenvalue weighted by Gasteiger charge is -2.39. The molecule has 20 heavy (non-hydrogen) atoms. The summed E-state index contributed by atoms with van der Waals surface area (Å²) in [6, 6.07) is 3.22. The summed E-state index contributed by atoms with van der Waals surface area (Å²) in [6.07, 6.45) is 1.34. The lowest BCUT2D eigenvalue weighted by atomic mass is 10.1. The van der Waals surface area contributed by atoms with Crippen LogP contribution in [0.3, 0.4) is 0 Å². The first-order valence-electron chi connectivity index (χ1n) is 6.75. The molecule has 1 aromatic heterocycles. The summed E-state index contributed by atoms with van der Waals surface area (Å²) in [5, 5.41) is 8.79. The molecule has 0 radical (unpaired) electrons. The summed E-state index contributed by atoms with van der Waals surface area (Å²) >= 11 is 0. The number of aromatic nitrogens is 1. The van der Waals surface area contributed by atoms with Gasteiger partial charge in [-0.2, -0.15) is 0 Å². The molecular weight excluding hydrogens is 258 g/mol. The predicted molar refractivity (Wildman–Crippen MR) is 73.8 cm³/mol. The number of piperazine rings is 1. The molecule has 0 saturated carbocycles. The molecule has 1 aliphatic rings. The number of rotatable bonds is 3. The van der Waals surface area contributed by atoms with Gasteiger partial charge in [-0.3, -0.25) is 9.69 Å². The van der Waals surface area contributed by atoms with E-state index in [1.807, 2.05) is 0 Å². The van der Waals surface area contributed by atoms with Gasteiger partial charge in [0.25, 0.3) is 5.91 Å². The second-order valence-corrected chi connectivity index (χ2v) is 4.97. The van der Waals surface area contributed by atoms with Crippen LogP contribution in [0, 0.1) is 0 Å². The van der Waals surface area contributed by atoms with Crippen LogP contribution in [0.25, 0.3) is 0 Å². The molecule has 0 bridgehead atoms. The third-order valence-corrected chi connectivity index (χ3v) is 3.69. The fourth-order valence-electron chi connectivity index (χ4n) is 2.48. The third-order valence-electron chi connectivity index (χ3n) is 3.69. The smallest absolute Gasteiger partial charge is 0.354 e. The maximum atomic E-state index is 12.3. The van der Waals surface area contributed by atoms with Crippen molar-refractivity contribution in [2.24, 2.45) is 0 Å². The normalized spacial score (nSPS) is 19.9. The zero-order valence-corrected chi connectivity index (χ0v) is 11.7. The highest BCUT2D eigenvalue weighted by Crippen LogP contribution is 2.12. The Morgan fingerprint density at radius 3 is 2.65 bits per heavy atom. The van der Waals surface area contributed by atoms with Gasteiger partial charge in [-0.15, -0.1) is 0 Å². The molecule has 2 heterocycles. The van der Waals surface area contributed by atoms with Crippen LogP contribution >= 0.6 is 0 Å². The number of carboxylic acid groups (broad SMARTS) is 1. The molecule has 108 valence electrons. The minimum Gasteiger partial charge on any atom is -0.477 e. The van der Waals surface area contributed by atoms with Gasteiger partial charge in [-0.05, 0) is 25.6 Å². The van der Waals surface area contributed by atoms with Gasteiger partial charge in [0, 0.05) is 31.9 Å². The number of hydrogen-bond acceptors (Lipinski definition) is 4. The Bertz CT molecular complexity index is 501. The van der Waals surface area contributed by atoms with E-state index in [4.69, 9.17) is 5.11 Å². The Labute approximate surface area is 118 Å². The second-order valence-electron chi connectivity index (χ2n) is 4.97. The van der Waals surface area contributed by atoms with Gasteiger partial charge >= 0.3 is 5.97 Å².